The lowest BCUT2D eigenvalue weighted by Crippen LogP contribution is -2.23. The van der Waals surface area contributed by atoms with Gasteiger partial charge in [-0.25, -0.2) is 0 Å². The molecule has 1 fully saturated rings. The van der Waals surface area contributed by atoms with Crippen LogP contribution >= 0.6 is 0 Å². The van der Waals surface area contributed by atoms with Crippen molar-refractivity contribution >= 4 is 19.4 Å². The van der Waals surface area contributed by atoms with Crippen molar-refractivity contribution in [1.29, 1.82) is 0 Å². The molecule has 0 heterocycles. The number of esters is 1. The van der Waals surface area contributed by atoms with Gasteiger partial charge in [-0.2, -0.15) is 0 Å². The summed E-state index contributed by atoms with van der Waals surface area (Å²) in [6.45, 7) is -0.0700. The third kappa shape index (κ3) is 2.94. The molecule has 15 heavy (non-hydrogen) atoms. The zero-order chi connectivity index (χ0) is 11.4. The first kappa shape index (κ1) is 12.0. The summed E-state index contributed by atoms with van der Waals surface area (Å²) in [5.74, 6) is -2.74. The zero-order valence-electron chi connectivity index (χ0n) is 8.38. The van der Waals surface area contributed by atoms with E-state index in [1.807, 2.05) is 0 Å². The number of nitrogens with two attached hydrogens (primary N) is 1. The van der Waals surface area contributed by atoms with Gasteiger partial charge in [0.15, 0.2) is 0 Å². The Labute approximate surface area is 88.0 Å². The Morgan fingerprint density at radius 1 is 1.67 bits per heavy atom. The van der Waals surface area contributed by atoms with Crippen LogP contribution in [0.3, 0.4) is 0 Å². The number of carboxylic acids is 1. The van der Waals surface area contributed by atoms with Crippen molar-refractivity contribution in [2.24, 2.45) is 17.6 Å². The lowest BCUT2D eigenvalue weighted by atomic mass is 9.75. The van der Waals surface area contributed by atoms with Gasteiger partial charge >= 0.3 is 19.4 Å². The van der Waals surface area contributed by atoms with Crippen molar-refractivity contribution < 1.29 is 24.1 Å². The van der Waals surface area contributed by atoms with E-state index in [0.29, 0.717) is 6.42 Å². The summed E-state index contributed by atoms with van der Waals surface area (Å²) in [6, 6.07) is 0. The molecule has 7 heteroatoms. The zero-order valence-corrected chi connectivity index (χ0v) is 8.38. The molecule has 1 aliphatic carbocycles. The molecule has 3 unspecified atom stereocenters. The van der Waals surface area contributed by atoms with E-state index in [4.69, 9.17) is 15.5 Å². The minimum absolute atomic E-state index is 0.0700. The van der Waals surface area contributed by atoms with Crippen LogP contribution in [-0.4, -0.2) is 38.4 Å². The topological polar surface area (TPSA) is 98.9 Å². The van der Waals surface area contributed by atoms with Crippen LogP contribution in [0.1, 0.15) is 6.42 Å². The summed E-state index contributed by atoms with van der Waals surface area (Å²) in [7, 11) is 2.46. The number of rotatable bonds is 6. The molecule has 0 aromatic rings. The molecule has 3 N–H and O–H groups in total. The van der Waals surface area contributed by atoms with Gasteiger partial charge < -0.3 is 20.2 Å². The summed E-state index contributed by atoms with van der Waals surface area (Å²) in [6.07, 6.45) is 0.522. The number of carbonyl (C=O) groups is 2. The van der Waals surface area contributed by atoms with Crippen molar-refractivity contribution in [2.75, 3.05) is 13.8 Å². The number of hydrogen-bond acceptors (Lipinski definition) is 5. The predicted octanol–water partition coefficient (Wildman–Crippen LogP) is -0.779. The van der Waals surface area contributed by atoms with Gasteiger partial charge in [-0.05, 0) is 12.3 Å². The van der Waals surface area contributed by atoms with Crippen LogP contribution in [0.15, 0.2) is 0 Å². The van der Waals surface area contributed by atoms with E-state index in [1.54, 1.807) is 0 Å². The number of carboxylic acid groups (broad SMARTS) is 1. The Balaban J connectivity index is 2.46. The highest BCUT2D eigenvalue weighted by molar-refractivity contribution is 6.37. The van der Waals surface area contributed by atoms with Crippen molar-refractivity contribution in [3.8, 4) is 0 Å². The summed E-state index contributed by atoms with van der Waals surface area (Å²) < 4.78 is 9.27. The van der Waals surface area contributed by atoms with Crippen LogP contribution in [0, 0.1) is 11.8 Å². The highest BCUT2D eigenvalue weighted by atomic mass is 16.5. The van der Waals surface area contributed by atoms with Crippen LogP contribution in [0.4, 0.5) is 0 Å². The maximum absolute atomic E-state index is 11.1. The molecule has 0 aromatic carbocycles. The number of carbonyl (C=O) groups excluding carboxylic acids is 1. The summed E-state index contributed by atoms with van der Waals surface area (Å²) in [5.41, 5.74) is 5.08. The van der Waals surface area contributed by atoms with Crippen LogP contribution in [0.2, 0.25) is 5.82 Å². The Morgan fingerprint density at radius 3 is 2.80 bits per heavy atom. The Kier molecular flexibility index (Phi) is 4.10. The SMILES string of the molecule is COC(=O)C1CC1C([B]OCN)C(=O)O. The van der Waals surface area contributed by atoms with Crippen LogP contribution < -0.4 is 5.73 Å². The number of aliphatic carboxylic acids is 1. The molecular weight excluding hydrogens is 201 g/mol. The molecule has 1 rings (SSSR count). The molecule has 0 amide bonds. The maximum Gasteiger partial charge on any atom is 0.309 e. The van der Waals surface area contributed by atoms with Gasteiger partial charge in [0.25, 0.3) is 0 Å². The largest absolute Gasteiger partial charge is 0.481 e. The number of methoxy groups -OCH3 is 1. The second kappa shape index (κ2) is 5.13. The molecule has 0 aliphatic heterocycles. The van der Waals surface area contributed by atoms with E-state index in [-0.39, 0.29) is 24.5 Å². The third-order valence-electron chi connectivity index (χ3n) is 2.43. The van der Waals surface area contributed by atoms with Crippen LogP contribution in [-0.2, 0) is 19.0 Å². The fourth-order valence-electron chi connectivity index (χ4n) is 1.54. The second-order valence-electron chi connectivity index (χ2n) is 3.36. The highest BCUT2D eigenvalue weighted by Crippen LogP contribution is 2.47. The predicted molar refractivity (Wildman–Crippen MR) is 50.9 cm³/mol. The van der Waals surface area contributed by atoms with Gasteiger partial charge in [0.05, 0.1) is 25.6 Å². The molecule has 0 bridgehead atoms. The maximum atomic E-state index is 11.1. The molecule has 0 aromatic heterocycles. The average molecular weight is 214 g/mol. The number of hydrogen-bond donors (Lipinski definition) is 2. The highest BCUT2D eigenvalue weighted by Gasteiger charge is 2.51. The monoisotopic (exact) mass is 214 g/mol. The normalized spacial score (nSPS) is 25.5. The molecular formula is C8H13BNO5. The van der Waals surface area contributed by atoms with E-state index >= 15 is 0 Å². The van der Waals surface area contributed by atoms with E-state index in [9.17, 15) is 9.59 Å². The molecule has 0 spiro atoms. The summed E-state index contributed by atoms with van der Waals surface area (Å²) in [4.78, 5) is 21.9. The van der Waals surface area contributed by atoms with Gasteiger partial charge in [0.2, 0.25) is 0 Å². The summed E-state index contributed by atoms with van der Waals surface area (Å²) in [5, 5.41) is 8.88. The molecule has 1 radical (unpaired) electrons. The first-order chi connectivity index (χ1) is 7.11. The van der Waals surface area contributed by atoms with Gasteiger partial charge in [0, 0.05) is 0 Å². The quantitative estimate of drug-likeness (QED) is 0.342. The third-order valence-corrected chi connectivity index (χ3v) is 2.43. The fourth-order valence-corrected chi connectivity index (χ4v) is 1.54. The first-order valence-electron chi connectivity index (χ1n) is 4.57. The van der Waals surface area contributed by atoms with Crippen molar-refractivity contribution in [2.45, 2.75) is 12.2 Å². The Bertz CT molecular complexity index is 259. The van der Waals surface area contributed by atoms with Crippen LogP contribution in [0.25, 0.3) is 0 Å². The lowest BCUT2D eigenvalue weighted by Gasteiger charge is -2.09. The van der Waals surface area contributed by atoms with Crippen molar-refractivity contribution in [3.05, 3.63) is 0 Å². The Morgan fingerprint density at radius 2 is 2.33 bits per heavy atom. The van der Waals surface area contributed by atoms with Crippen molar-refractivity contribution in [1.82, 2.24) is 0 Å². The minimum atomic E-state index is -1.01. The van der Waals surface area contributed by atoms with Gasteiger partial charge in [-0.1, -0.05) is 0 Å². The molecule has 3 atom stereocenters. The smallest absolute Gasteiger partial charge is 0.309 e. The number of ether oxygens (including phenoxy) is 1. The summed E-state index contributed by atoms with van der Waals surface area (Å²) >= 11 is 0. The molecule has 0 saturated heterocycles. The van der Waals surface area contributed by atoms with Crippen molar-refractivity contribution in [3.63, 3.8) is 0 Å². The van der Waals surface area contributed by atoms with Gasteiger partial charge in [0.1, 0.15) is 0 Å². The van der Waals surface area contributed by atoms with Crippen LogP contribution in [0.5, 0.6) is 0 Å². The minimum Gasteiger partial charge on any atom is -0.481 e. The van der Waals surface area contributed by atoms with E-state index < -0.39 is 11.8 Å². The van der Waals surface area contributed by atoms with E-state index in [1.165, 1.54) is 14.6 Å². The first-order valence-corrected chi connectivity index (χ1v) is 4.57. The van der Waals surface area contributed by atoms with E-state index in [0.717, 1.165) is 0 Å². The average Bonchev–Trinajstić information content (AvgIpc) is 2.97. The van der Waals surface area contributed by atoms with Gasteiger partial charge in [-0.3, -0.25) is 9.59 Å². The molecule has 1 saturated carbocycles. The van der Waals surface area contributed by atoms with Gasteiger partial charge in [-0.15, -0.1) is 0 Å². The molecule has 6 nitrogen and oxygen atoms in total. The molecule has 1 aliphatic rings. The second-order valence-corrected chi connectivity index (χ2v) is 3.36. The standard InChI is InChI=1S/C8H13BNO5/c1-14-8(13)5-2-4(5)6(7(11)12)9-15-3-10/h4-6H,2-3,10H2,1H3,(H,11,12). The Hall–Kier alpha value is -1.08. The fraction of sp³-hybridized carbons (Fsp3) is 0.750. The molecule has 83 valence electrons. The lowest BCUT2D eigenvalue weighted by molar-refractivity contribution is -0.142. The van der Waals surface area contributed by atoms with E-state index in [2.05, 4.69) is 4.74 Å².